The number of hydrogen-bond donors (Lipinski definition) is 3. The third-order valence-electron chi connectivity index (χ3n) is 8.99. The lowest BCUT2D eigenvalue weighted by molar-refractivity contribution is -0.0465. The van der Waals surface area contributed by atoms with Gasteiger partial charge in [0.25, 0.3) is 5.91 Å². The van der Waals surface area contributed by atoms with Crippen molar-refractivity contribution in [3.8, 4) is 0 Å². The van der Waals surface area contributed by atoms with Crippen LogP contribution in [0.2, 0.25) is 0 Å². The number of imidazole rings is 1. The van der Waals surface area contributed by atoms with E-state index >= 15 is 4.39 Å². The summed E-state index contributed by atoms with van der Waals surface area (Å²) in [6.07, 6.45) is -3.03. The van der Waals surface area contributed by atoms with E-state index in [0.717, 1.165) is 6.33 Å². The fourth-order valence-electron chi connectivity index (χ4n) is 6.37. The maximum Gasteiger partial charge on any atom is 0.472 e. The number of rotatable bonds is 5. The number of pyridine rings is 1. The van der Waals surface area contributed by atoms with Crippen molar-refractivity contribution in [3.63, 3.8) is 0 Å². The zero-order chi connectivity index (χ0) is 35.9. The van der Waals surface area contributed by atoms with Crippen LogP contribution in [0.3, 0.4) is 0 Å². The lowest BCUT2D eigenvalue weighted by Gasteiger charge is -2.45. The molecule has 1 aliphatic carbocycles. The first-order chi connectivity index (χ1) is 24.4. The van der Waals surface area contributed by atoms with E-state index in [1.54, 1.807) is 36.4 Å². The second-order valence-electron chi connectivity index (χ2n) is 12.0. The van der Waals surface area contributed by atoms with Gasteiger partial charge in [-0.05, 0) is 54.0 Å². The number of aromatic nitrogens is 5. The summed E-state index contributed by atoms with van der Waals surface area (Å²) in [6, 6.07) is 11.5. The van der Waals surface area contributed by atoms with Crippen LogP contribution in [0.25, 0.3) is 11.2 Å². The van der Waals surface area contributed by atoms with Gasteiger partial charge in [0.15, 0.2) is 29.4 Å². The van der Waals surface area contributed by atoms with Gasteiger partial charge in [-0.3, -0.25) is 27.5 Å². The van der Waals surface area contributed by atoms with Crippen LogP contribution in [-0.2, 0) is 36.7 Å². The minimum atomic E-state index is -4.96. The van der Waals surface area contributed by atoms with Crippen molar-refractivity contribution in [3.05, 3.63) is 78.1 Å². The fourth-order valence-corrected chi connectivity index (χ4v) is 8.14. The highest BCUT2D eigenvalue weighted by atomic mass is 31.2. The quantitative estimate of drug-likeness (QED) is 0.196. The molecule has 5 heterocycles. The molecule has 0 radical (unpaired) electrons. The van der Waals surface area contributed by atoms with E-state index in [0.29, 0.717) is 17.5 Å². The smallest absolute Gasteiger partial charge is 0.464 e. The molecule has 1 saturated carbocycles. The van der Waals surface area contributed by atoms with Crippen molar-refractivity contribution in [1.82, 2.24) is 24.5 Å². The fraction of sp³-hybridized carbons (Fsp3) is 0.400. The van der Waals surface area contributed by atoms with Crippen molar-refractivity contribution in [2.75, 3.05) is 32.2 Å². The first kappa shape index (κ1) is 35.4. The number of fused-ring (bicyclic) bond motifs is 3. The molecular formula is C30H31FN6O12P2. The Balaban J connectivity index is 1.10. The lowest BCUT2D eigenvalue weighted by Crippen LogP contribution is -2.40. The maximum absolute atomic E-state index is 16.2. The number of phosphoric acid groups is 2. The van der Waals surface area contributed by atoms with E-state index in [2.05, 4.69) is 25.3 Å². The summed E-state index contributed by atoms with van der Waals surface area (Å²) in [6.45, 7) is -1.46. The molecule has 2 saturated heterocycles. The number of carbonyl (C=O) groups is 2. The van der Waals surface area contributed by atoms with Gasteiger partial charge < -0.3 is 24.6 Å². The van der Waals surface area contributed by atoms with Crippen molar-refractivity contribution in [2.24, 2.45) is 11.8 Å². The van der Waals surface area contributed by atoms with E-state index in [4.69, 9.17) is 27.6 Å². The average Bonchev–Trinajstić information content (AvgIpc) is 3.67. The second kappa shape index (κ2) is 14.2. The topological polar surface area (TPSA) is 233 Å². The van der Waals surface area contributed by atoms with Gasteiger partial charge in [0, 0.05) is 11.8 Å². The number of alkyl halides is 1. The molecule has 18 nitrogen and oxygen atoms in total. The van der Waals surface area contributed by atoms with Gasteiger partial charge in [-0.2, -0.15) is 0 Å². The molecule has 4 aromatic rings. The summed E-state index contributed by atoms with van der Waals surface area (Å²) < 4.78 is 75.3. The van der Waals surface area contributed by atoms with Crippen molar-refractivity contribution in [2.45, 2.75) is 36.9 Å². The first-order valence-corrected chi connectivity index (χ1v) is 18.6. The number of nitrogens with zero attached hydrogens (tertiary/aromatic N) is 5. The summed E-state index contributed by atoms with van der Waals surface area (Å²) in [5.41, 5.74) is 1.19. The molecule has 21 heteroatoms. The second-order valence-corrected chi connectivity index (χ2v) is 14.9. The lowest BCUT2D eigenvalue weighted by atomic mass is 9.63. The van der Waals surface area contributed by atoms with Crippen LogP contribution in [0.1, 0.15) is 45.0 Å². The van der Waals surface area contributed by atoms with E-state index in [1.165, 1.54) is 30.3 Å². The van der Waals surface area contributed by atoms with Gasteiger partial charge in [0.05, 0.1) is 33.3 Å². The number of phosphoric ester groups is 2. The van der Waals surface area contributed by atoms with Crippen LogP contribution < -0.4 is 5.32 Å². The number of methoxy groups -OCH3 is 1. The van der Waals surface area contributed by atoms with E-state index < -0.39 is 70.6 Å². The number of halogens is 1. The molecular weight excluding hydrogens is 717 g/mol. The molecule has 0 spiro atoms. The maximum atomic E-state index is 16.2. The molecule has 1 aromatic carbocycles. The van der Waals surface area contributed by atoms with Crippen LogP contribution in [0, 0.1) is 11.8 Å². The van der Waals surface area contributed by atoms with Crippen LogP contribution >= 0.6 is 15.6 Å². The SMILES string of the molecule is COC(=O)c1cc([C@@H]2C[C@@H]3COP(=O)(O)O[C@H]4[C@@H](F)[C@H](n5cnc6c(NC(=O)c7ccccc7)ncnc65)O[C@@H]4COP(=O)(O)OC[C@H]32)ccn1. The predicted molar refractivity (Wildman–Crippen MR) is 171 cm³/mol. The zero-order valence-corrected chi connectivity index (χ0v) is 28.4. The largest absolute Gasteiger partial charge is 0.472 e. The van der Waals surface area contributed by atoms with Crippen LogP contribution in [0.5, 0.6) is 0 Å². The van der Waals surface area contributed by atoms with Gasteiger partial charge in [0.1, 0.15) is 24.2 Å². The highest BCUT2D eigenvalue weighted by molar-refractivity contribution is 7.47. The normalized spacial score (nSPS) is 32.7. The van der Waals surface area contributed by atoms with Crippen molar-refractivity contribution in [1.29, 1.82) is 0 Å². The highest BCUT2D eigenvalue weighted by Gasteiger charge is 2.52. The molecule has 3 fully saturated rings. The van der Waals surface area contributed by atoms with Gasteiger partial charge in [-0.15, -0.1) is 0 Å². The van der Waals surface area contributed by atoms with Gasteiger partial charge in [-0.25, -0.2) is 38.3 Å². The minimum Gasteiger partial charge on any atom is -0.464 e. The molecule has 9 atom stereocenters. The molecule has 2 aliphatic heterocycles. The summed E-state index contributed by atoms with van der Waals surface area (Å²) in [5.74, 6) is -2.40. The Morgan fingerprint density at radius 1 is 1.00 bits per heavy atom. The Bertz CT molecular complexity index is 2040. The van der Waals surface area contributed by atoms with Crippen LogP contribution in [-0.4, -0.2) is 91.5 Å². The molecule has 2 unspecified atom stereocenters. The molecule has 0 bridgehead atoms. The number of carbonyl (C=O) groups excluding carboxylic acids is 2. The molecule has 51 heavy (non-hydrogen) atoms. The minimum absolute atomic E-state index is 0.0270. The van der Waals surface area contributed by atoms with Gasteiger partial charge in [-0.1, -0.05) is 18.2 Å². The molecule has 3 aliphatic rings. The Kier molecular flexibility index (Phi) is 9.84. The van der Waals surface area contributed by atoms with Gasteiger partial charge in [0.2, 0.25) is 0 Å². The number of ether oxygens (including phenoxy) is 2. The molecule has 3 aromatic heterocycles. The molecule has 270 valence electrons. The predicted octanol–water partition coefficient (Wildman–Crippen LogP) is 3.57. The Morgan fingerprint density at radius 2 is 1.76 bits per heavy atom. The molecule has 7 rings (SSSR count). The van der Waals surface area contributed by atoms with Gasteiger partial charge >= 0.3 is 21.6 Å². The summed E-state index contributed by atoms with van der Waals surface area (Å²) in [5, 5.41) is 2.64. The Labute approximate surface area is 288 Å². The van der Waals surface area contributed by atoms with Crippen molar-refractivity contribution >= 4 is 44.5 Å². The number of esters is 1. The molecule has 3 N–H and O–H groups in total. The standard InChI is InChI=1S/C30H31FN6O12P2/c1-44-30(39)21-10-17(7-8-32-21)19-9-18-11-45-51(42,43)49-25-22(13-47-50(40,41)46-12-20(18)19)48-29(23(25)31)37-15-35-24-26(33-14-34-27(24)37)36-28(38)16-5-3-2-4-6-16/h2-8,10,14-15,18-20,22-23,25,29H,9,11-13H2,1H3,(H,40,41)(H,42,43)(H,33,34,36,38)/t18-,19+,20-,22-,23-,25-,29-/m1/s1. The summed E-state index contributed by atoms with van der Waals surface area (Å²) in [7, 11) is -8.54. The highest BCUT2D eigenvalue weighted by Crippen LogP contribution is 2.56. The summed E-state index contributed by atoms with van der Waals surface area (Å²) in [4.78, 5) is 62.5. The van der Waals surface area contributed by atoms with E-state index in [-0.39, 0.29) is 41.8 Å². The van der Waals surface area contributed by atoms with E-state index in [1.807, 2.05) is 0 Å². The number of nitrogens with one attached hydrogen (secondary N) is 1. The monoisotopic (exact) mass is 748 g/mol. The third-order valence-corrected chi connectivity index (χ3v) is 10.9. The Hall–Kier alpha value is -4.03. The van der Waals surface area contributed by atoms with Crippen LogP contribution in [0.4, 0.5) is 10.2 Å². The number of anilines is 1. The zero-order valence-electron chi connectivity index (χ0n) is 26.6. The van der Waals surface area contributed by atoms with Crippen molar-refractivity contribution < 1.29 is 60.5 Å². The molecule has 1 amide bonds. The number of benzene rings is 1. The summed E-state index contributed by atoms with van der Waals surface area (Å²) >= 11 is 0. The number of hydrogen-bond acceptors (Lipinski definition) is 14. The number of amides is 1. The van der Waals surface area contributed by atoms with E-state index in [9.17, 15) is 28.5 Å². The van der Waals surface area contributed by atoms with Crippen LogP contribution in [0.15, 0.2) is 61.3 Å². The Morgan fingerprint density at radius 3 is 2.55 bits per heavy atom. The first-order valence-electron chi connectivity index (χ1n) is 15.6. The third kappa shape index (κ3) is 7.35. The average molecular weight is 749 g/mol.